The normalized spacial score (nSPS) is 12.7. The lowest BCUT2D eigenvalue weighted by Gasteiger charge is -1.97. The summed E-state index contributed by atoms with van der Waals surface area (Å²) in [4.78, 5) is 4.22. The van der Waals surface area contributed by atoms with Gasteiger partial charge in [0.1, 0.15) is 17.7 Å². The number of benzene rings is 1. The van der Waals surface area contributed by atoms with Crippen LogP contribution >= 0.6 is 0 Å². The molecule has 78 valence electrons. The zero-order chi connectivity index (χ0) is 10.8. The van der Waals surface area contributed by atoms with Crippen molar-refractivity contribution in [1.82, 2.24) is 4.98 Å². The van der Waals surface area contributed by atoms with E-state index in [1.54, 1.807) is 25.1 Å². The summed E-state index contributed by atoms with van der Waals surface area (Å²) >= 11 is 0. The number of phenols is 1. The number of aromatic hydroxyl groups is 1. The van der Waals surface area contributed by atoms with Crippen LogP contribution in [0.4, 0.5) is 0 Å². The Morgan fingerprint density at radius 3 is 2.87 bits per heavy atom. The molecule has 0 saturated carbocycles. The first-order valence-electron chi connectivity index (χ1n) is 4.67. The molecule has 4 nitrogen and oxygen atoms in total. The molecule has 3 N–H and O–H groups in total. The third-order valence-electron chi connectivity index (χ3n) is 2.05. The molecule has 1 aromatic carbocycles. The number of hydrogen-bond acceptors (Lipinski definition) is 4. The van der Waals surface area contributed by atoms with Gasteiger partial charge in [0.15, 0.2) is 0 Å². The van der Waals surface area contributed by atoms with Crippen LogP contribution in [0, 0.1) is 0 Å². The highest BCUT2D eigenvalue weighted by molar-refractivity contribution is 5.59. The van der Waals surface area contributed by atoms with Crippen molar-refractivity contribution < 1.29 is 9.52 Å². The van der Waals surface area contributed by atoms with E-state index < -0.39 is 0 Å². The number of nitrogens with zero attached hydrogens (tertiary/aromatic N) is 1. The molecule has 1 atom stereocenters. The zero-order valence-electron chi connectivity index (χ0n) is 8.34. The third kappa shape index (κ3) is 1.99. The lowest BCUT2D eigenvalue weighted by Crippen LogP contribution is -2.04. The van der Waals surface area contributed by atoms with Crippen LogP contribution in [0.2, 0.25) is 0 Å². The molecular weight excluding hydrogens is 192 g/mol. The van der Waals surface area contributed by atoms with Crippen LogP contribution in [-0.4, -0.2) is 10.1 Å². The quantitative estimate of drug-likeness (QED) is 0.785. The second-order valence-electron chi connectivity index (χ2n) is 3.41. The molecule has 0 amide bonds. The molecule has 0 fully saturated rings. The van der Waals surface area contributed by atoms with Gasteiger partial charge >= 0.3 is 0 Å². The first-order chi connectivity index (χ1) is 7.16. The molecule has 0 saturated heterocycles. The second-order valence-corrected chi connectivity index (χ2v) is 3.41. The lowest BCUT2D eigenvalue weighted by atomic mass is 10.2. The summed E-state index contributed by atoms with van der Waals surface area (Å²) < 4.78 is 5.20. The Bertz CT molecular complexity index is 463. The highest BCUT2D eigenvalue weighted by atomic mass is 16.3. The molecule has 0 aliphatic rings. The van der Waals surface area contributed by atoms with Crippen molar-refractivity contribution in [2.24, 2.45) is 5.73 Å². The fourth-order valence-electron chi connectivity index (χ4n) is 1.29. The van der Waals surface area contributed by atoms with Crippen LogP contribution in [-0.2, 0) is 0 Å². The van der Waals surface area contributed by atoms with Crippen molar-refractivity contribution in [3.05, 3.63) is 36.4 Å². The maximum atomic E-state index is 9.31. The number of nitrogens with two attached hydrogens (primary N) is 1. The van der Waals surface area contributed by atoms with E-state index in [4.69, 9.17) is 10.2 Å². The summed E-state index contributed by atoms with van der Waals surface area (Å²) in [5, 5.41) is 9.31. The van der Waals surface area contributed by atoms with E-state index in [-0.39, 0.29) is 11.8 Å². The van der Waals surface area contributed by atoms with Crippen molar-refractivity contribution in [3.8, 4) is 17.0 Å². The van der Waals surface area contributed by atoms with Gasteiger partial charge in [0.25, 0.3) is 0 Å². The molecule has 0 bridgehead atoms. The summed E-state index contributed by atoms with van der Waals surface area (Å²) in [5.41, 5.74) is 7.12. The molecule has 2 aromatic rings. The highest BCUT2D eigenvalue weighted by Crippen LogP contribution is 2.23. The Balaban J connectivity index is 2.37. The number of rotatable bonds is 2. The van der Waals surface area contributed by atoms with Gasteiger partial charge in [0.2, 0.25) is 5.89 Å². The maximum absolute atomic E-state index is 9.31. The molecule has 0 radical (unpaired) electrons. The Labute approximate surface area is 87.4 Å². The predicted octanol–water partition coefficient (Wildman–Crippen LogP) is 2.07. The van der Waals surface area contributed by atoms with E-state index in [9.17, 15) is 5.11 Å². The van der Waals surface area contributed by atoms with Gasteiger partial charge in [-0.1, -0.05) is 12.1 Å². The van der Waals surface area contributed by atoms with Crippen molar-refractivity contribution in [3.63, 3.8) is 0 Å². The van der Waals surface area contributed by atoms with Gasteiger partial charge in [-0.05, 0) is 19.1 Å². The minimum Gasteiger partial charge on any atom is -0.508 e. The van der Waals surface area contributed by atoms with E-state index in [0.29, 0.717) is 11.6 Å². The number of oxazole rings is 1. The van der Waals surface area contributed by atoms with Crippen LogP contribution in [0.5, 0.6) is 5.75 Å². The molecule has 0 aliphatic heterocycles. The topological polar surface area (TPSA) is 72.3 Å². The monoisotopic (exact) mass is 204 g/mol. The summed E-state index contributed by atoms with van der Waals surface area (Å²) in [6, 6.07) is 6.61. The molecule has 1 unspecified atom stereocenters. The standard InChI is InChI=1S/C11H12N2O2/c1-7(12)11-13-10(6-15-11)8-3-2-4-9(14)5-8/h2-7,14H,12H2,1H3. The first kappa shape index (κ1) is 9.73. The minimum atomic E-state index is -0.226. The van der Waals surface area contributed by atoms with Gasteiger partial charge in [-0.3, -0.25) is 0 Å². The average Bonchev–Trinajstić information content (AvgIpc) is 2.66. The highest BCUT2D eigenvalue weighted by Gasteiger charge is 2.09. The van der Waals surface area contributed by atoms with Gasteiger partial charge < -0.3 is 15.3 Å². The molecule has 0 spiro atoms. The van der Waals surface area contributed by atoms with E-state index in [1.165, 1.54) is 6.26 Å². The van der Waals surface area contributed by atoms with Crippen LogP contribution in [0.1, 0.15) is 18.9 Å². The molecule has 4 heteroatoms. The smallest absolute Gasteiger partial charge is 0.211 e. The summed E-state index contributed by atoms with van der Waals surface area (Å²) in [7, 11) is 0. The van der Waals surface area contributed by atoms with Crippen LogP contribution in [0.25, 0.3) is 11.3 Å². The van der Waals surface area contributed by atoms with Crippen LogP contribution in [0.3, 0.4) is 0 Å². The number of phenolic OH excluding ortho intramolecular Hbond substituents is 1. The van der Waals surface area contributed by atoms with Crippen LogP contribution < -0.4 is 5.73 Å². The SMILES string of the molecule is CC(N)c1nc(-c2cccc(O)c2)co1. The second kappa shape index (κ2) is 3.74. The molecule has 1 heterocycles. The van der Waals surface area contributed by atoms with E-state index in [2.05, 4.69) is 4.98 Å². The van der Waals surface area contributed by atoms with Gasteiger partial charge in [0, 0.05) is 5.56 Å². The van der Waals surface area contributed by atoms with E-state index in [1.807, 2.05) is 6.07 Å². The van der Waals surface area contributed by atoms with E-state index >= 15 is 0 Å². The van der Waals surface area contributed by atoms with Gasteiger partial charge in [0.05, 0.1) is 6.04 Å². The molecule has 2 rings (SSSR count). The van der Waals surface area contributed by atoms with Gasteiger partial charge in [-0.15, -0.1) is 0 Å². The Morgan fingerprint density at radius 1 is 1.47 bits per heavy atom. The number of hydrogen-bond donors (Lipinski definition) is 2. The number of aromatic nitrogens is 1. The fourth-order valence-corrected chi connectivity index (χ4v) is 1.29. The molecule has 1 aromatic heterocycles. The average molecular weight is 204 g/mol. The Morgan fingerprint density at radius 2 is 2.27 bits per heavy atom. The first-order valence-corrected chi connectivity index (χ1v) is 4.67. The Kier molecular flexibility index (Phi) is 2.43. The fraction of sp³-hybridized carbons (Fsp3) is 0.182. The van der Waals surface area contributed by atoms with Gasteiger partial charge in [-0.2, -0.15) is 0 Å². The van der Waals surface area contributed by atoms with Crippen molar-refractivity contribution in [2.75, 3.05) is 0 Å². The van der Waals surface area contributed by atoms with Crippen molar-refractivity contribution in [1.29, 1.82) is 0 Å². The van der Waals surface area contributed by atoms with Crippen molar-refractivity contribution >= 4 is 0 Å². The maximum Gasteiger partial charge on any atom is 0.211 e. The predicted molar refractivity (Wildman–Crippen MR) is 56.2 cm³/mol. The van der Waals surface area contributed by atoms with Crippen molar-refractivity contribution in [2.45, 2.75) is 13.0 Å². The van der Waals surface area contributed by atoms with Crippen LogP contribution in [0.15, 0.2) is 34.9 Å². The zero-order valence-corrected chi connectivity index (χ0v) is 8.34. The summed E-state index contributed by atoms with van der Waals surface area (Å²) in [6.07, 6.45) is 1.54. The van der Waals surface area contributed by atoms with E-state index in [0.717, 1.165) is 5.56 Å². The largest absolute Gasteiger partial charge is 0.508 e. The molecular formula is C11H12N2O2. The van der Waals surface area contributed by atoms with Gasteiger partial charge in [-0.25, -0.2) is 4.98 Å². The third-order valence-corrected chi connectivity index (χ3v) is 2.05. The Hall–Kier alpha value is -1.81. The minimum absolute atomic E-state index is 0.206. The molecule has 0 aliphatic carbocycles. The summed E-state index contributed by atoms with van der Waals surface area (Å²) in [6.45, 7) is 1.80. The summed E-state index contributed by atoms with van der Waals surface area (Å²) in [5.74, 6) is 0.700. The lowest BCUT2D eigenvalue weighted by molar-refractivity contribution is 0.464. The molecule has 15 heavy (non-hydrogen) atoms.